The molecule has 2 atom stereocenters. The van der Waals surface area contributed by atoms with Crippen LogP contribution in [0.15, 0.2) is 132 Å². The monoisotopic (exact) mass is 531 g/mol. The lowest BCUT2D eigenvalue weighted by molar-refractivity contribution is -0.142. The molecular formula is C32H25N3O5. The van der Waals surface area contributed by atoms with Crippen molar-refractivity contribution in [1.29, 1.82) is 0 Å². The topological polar surface area (TPSA) is 113 Å². The highest BCUT2D eigenvalue weighted by atomic mass is 16.4. The van der Waals surface area contributed by atoms with Crippen LogP contribution in [0.2, 0.25) is 0 Å². The Hall–Kier alpha value is -5.50. The highest BCUT2D eigenvalue weighted by Gasteiger charge is 2.37. The van der Waals surface area contributed by atoms with Gasteiger partial charge in [0.2, 0.25) is 5.91 Å². The van der Waals surface area contributed by atoms with Crippen LogP contribution in [0, 0.1) is 0 Å². The van der Waals surface area contributed by atoms with Gasteiger partial charge in [0.25, 0.3) is 5.91 Å². The minimum Gasteiger partial charge on any atom is -0.479 e. The van der Waals surface area contributed by atoms with Gasteiger partial charge in [0, 0.05) is 23.6 Å². The summed E-state index contributed by atoms with van der Waals surface area (Å²) in [5, 5.41) is 12.6. The predicted molar refractivity (Wildman–Crippen MR) is 149 cm³/mol. The lowest BCUT2D eigenvalue weighted by atomic mass is 10.0. The van der Waals surface area contributed by atoms with Gasteiger partial charge in [-0.2, -0.15) is 0 Å². The summed E-state index contributed by atoms with van der Waals surface area (Å²) < 4.78 is 5.41. The molecule has 2 amide bonds. The summed E-state index contributed by atoms with van der Waals surface area (Å²) >= 11 is 0. The van der Waals surface area contributed by atoms with Crippen molar-refractivity contribution in [3.8, 4) is 11.1 Å². The van der Waals surface area contributed by atoms with Crippen LogP contribution in [-0.4, -0.2) is 27.9 Å². The summed E-state index contributed by atoms with van der Waals surface area (Å²) in [7, 11) is 0. The molecular weight excluding hydrogens is 506 g/mol. The Morgan fingerprint density at radius 3 is 2.00 bits per heavy atom. The number of amides is 2. The third-order valence-electron chi connectivity index (χ3n) is 6.38. The van der Waals surface area contributed by atoms with Crippen LogP contribution < -0.4 is 10.2 Å². The average molecular weight is 532 g/mol. The molecule has 0 saturated heterocycles. The number of hydrogen-bond donors (Lipinski definition) is 2. The molecule has 2 N–H and O–H groups in total. The summed E-state index contributed by atoms with van der Waals surface area (Å²) in [6.07, 6.45) is 4.40. The maximum atomic E-state index is 14.0. The standard InChI is InChI=1S/C32H25N3O5/c36-30(34-28(32(38)39)24-11-5-2-6-12-24)29(25-13-7-19-33-21-25)35(31(37)27-14-8-20-40-27)26-17-15-23(16-18-26)22-9-3-1-4-10-22/h1-21,28-29H,(H,34,36)(H,38,39)/t28?,29-/m1/s1. The van der Waals surface area contributed by atoms with E-state index in [4.69, 9.17) is 4.42 Å². The molecule has 0 aliphatic heterocycles. The summed E-state index contributed by atoms with van der Waals surface area (Å²) in [5.41, 5.74) is 3.11. The van der Waals surface area contributed by atoms with E-state index >= 15 is 0 Å². The van der Waals surface area contributed by atoms with Crippen LogP contribution in [0.25, 0.3) is 11.1 Å². The Labute approximate surface area is 230 Å². The van der Waals surface area contributed by atoms with Crippen molar-refractivity contribution in [3.05, 3.63) is 145 Å². The zero-order chi connectivity index (χ0) is 27.9. The van der Waals surface area contributed by atoms with Crippen LogP contribution >= 0.6 is 0 Å². The second-order valence-electron chi connectivity index (χ2n) is 8.94. The van der Waals surface area contributed by atoms with E-state index in [1.54, 1.807) is 66.9 Å². The SMILES string of the molecule is O=C(O)C(NC(=O)[C@@H](c1cccnc1)N(C(=O)c1ccco1)c1ccc(-c2ccccc2)cc1)c1ccccc1. The number of anilines is 1. The number of carboxylic acids is 1. The third kappa shape index (κ3) is 5.66. The van der Waals surface area contributed by atoms with Crippen molar-refractivity contribution in [2.75, 3.05) is 4.90 Å². The maximum Gasteiger partial charge on any atom is 0.330 e. The van der Waals surface area contributed by atoms with Gasteiger partial charge in [-0.1, -0.05) is 78.9 Å². The first-order chi connectivity index (χ1) is 19.5. The smallest absolute Gasteiger partial charge is 0.330 e. The molecule has 3 aromatic carbocycles. The Morgan fingerprint density at radius 1 is 0.750 bits per heavy atom. The summed E-state index contributed by atoms with van der Waals surface area (Å²) in [6.45, 7) is 0. The molecule has 2 heterocycles. The van der Waals surface area contributed by atoms with Gasteiger partial charge in [-0.25, -0.2) is 4.79 Å². The fraction of sp³-hybridized carbons (Fsp3) is 0.0625. The van der Waals surface area contributed by atoms with Crippen molar-refractivity contribution in [2.45, 2.75) is 12.1 Å². The molecule has 0 saturated carbocycles. The first-order valence-electron chi connectivity index (χ1n) is 12.5. The Bertz CT molecular complexity index is 1570. The van der Waals surface area contributed by atoms with Crippen molar-refractivity contribution >= 4 is 23.5 Å². The first-order valence-corrected chi connectivity index (χ1v) is 12.5. The number of nitrogens with one attached hydrogen (secondary N) is 1. The van der Waals surface area contributed by atoms with E-state index in [1.165, 1.54) is 23.4 Å². The largest absolute Gasteiger partial charge is 0.479 e. The van der Waals surface area contributed by atoms with Gasteiger partial charge in [0.15, 0.2) is 11.8 Å². The fourth-order valence-electron chi connectivity index (χ4n) is 4.46. The van der Waals surface area contributed by atoms with Gasteiger partial charge < -0.3 is 14.8 Å². The molecule has 0 spiro atoms. The number of benzene rings is 3. The van der Waals surface area contributed by atoms with Gasteiger partial charge in [-0.05, 0) is 47.0 Å². The first kappa shape index (κ1) is 26.1. The maximum absolute atomic E-state index is 14.0. The lowest BCUT2D eigenvalue weighted by Gasteiger charge is -2.31. The van der Waals surface area contributed by atoms with Gasteiger partial charge in [-0.3, -0.25) is 19.5 Å². The van der Waals surface area contributed by atoms with Crippen LogP contribution in [0.5, 0.6) is 0 Å². The van der Waals surface area contributed by atoms with Crippen molar-refractivity contribution in [3.63, 3.8) is 0 Å². The Kier molecular flexibility index (Phi) is 7.78. The number of carbonyl (C=O) groups is 3. The average Bonchev–Trinajstić information content (AvgIpc) is 3.55. The predicted octanol–water partition coefficient (Wildman–Crippen LogP) is 5.67. The van der Waals surface area contributed by atoms with Gasteiger partial charge >= 0.3 is 5.97 Å². The van der Waals surface area contributed by atoms with Gasteiger partial charge in [0.1, 0.15) is 6.04 Å². The molecule has 0 aliphatic carbocycles. The minimum absolute atomic E-state index is 0.0201. The fourth-order valence-corrected chi connectivity index (χ4v) is 4.46. The molecule has 0 fully saturated rings. The van der Waals surface area contributed by atoms with Crippen LogP contribution in [0.1, 0.15) is 33.8 Å². The van der Waals surface area contributed by atoms with Gasteiger partial charge in [0.05, 0.1) is 6.26 Å². The van der Waals surface area contributed by atoms with E-state index < -0.39 is 29.9 Å². The highest BCUT2D eigenvalue weighted by Crippen LogP contribution is 2.32. The van der Waals surface area contributed by atoms with Crippen molar-refractivity contribution < 1.29 is 23.9 Å². The zero-order valence-corrected chi connectivity index (χ0v) is 21.3. The number of hydrogen-bond acceptors (Lipinski definition) is 5. The van der Waals surface area contributed by atoms with E-state index in [0.717, 1.165) is 11.1 Å². The van der Waals surface area contributed by atoms with Crippen LogP contribution in [0.4, 0.5) is 5.69 Å². The molecule has 2 aromatic heterocycles. The molecule has 5 rings (SSSR count). The second kappa shape index (κ2) is 11.9. The molecule has 0 bridgehead atoms. The van der Waals surface area contributed by atoms with E-state index in [1.807, 2.05) is 42.5 Å². The molecule has 0 aliphatic rings. The number of aromatic nitrogens is 1. The Balaban J connectivity index is 1.59. The number of pyridine rings is 1. The summed E-state index contributed by atoms with van der Waals surface area (Å²) in [4.78, 5) is 45.5. The molecule has 198 valence electrons. The molecule has 1 unspecified atom stereocenters. The molecule has 40 heavy (non-hydrogen) atoms. The molecule has 8 heteroatoms. The summed E-state index contributed by atoms with van der Waals surface area (Å²) in [6, 6.07) is 29.1. The van der Waals surface area contributed by atoms with Crippen molar-refractivity contribution in [2.24, 2.45) is 0 Å². The number of rotatable bonds is 9. The highest BCUT2D eigenvalue weighted by molar-refractivity contribution is 6.09. The van der Waals surface area contributed by atoms with Crippen LogP contribution in [-0.2, 0) is 9.59 Å². The van der Waals surface area contributed by atoms with E-state index in [9.17, 15) is 19.5 Å². The third-order valence-corrected chi connectivity index (χ3v) is 6.38. The van der Waals surface area contributed by atoms with Crippen LogP contribution in [0.3, 0.4) is 0 Å². The van der Waals surface area contributed by atoms with Crippen molar-refractivity contribution in [1.82, 2.24) is 10.3 Å². The molecule has 5 aromatic rings. The quantitative estimate of drug-likeness (QED) is 0.253. The number of furan rings is 1. The number of carboxylic acid groups (broad SMARTS) is 1. The number of carbonyl (C=O) groups excluding carboxylic acids is 2. The number of aliphatic carboxylic acids is 1. The van der Waals surface area contributed by atoms with Gasteiger partial charge in [-0.15, -0.1) is 0 Å². The van der Waals surface area contributed by atoms with E-state index in [0.29, 0.717) is 16.8 Å². The number of nitrogens with zero attached hydrogens (tertiary/aromatic N) is 2. The minimum atomic E-state index is -1.34. The Morgan fingerprint density at radius 2 is 1.40 bits per heavy atom. The lowest BCUT2D eigenvalue weighted by Crippen LogP contribution is -2.46. The second-order valence-corrected chi connectivity index (χ2v) is 8.94. The van der Waals surface area contributed by atoms with E-state index in [-0.39, 0.29) is 5.76 Å². The molecule has 8 nitrogen and oxygen atoms in total. The zero-order valence-electron chi connectivity index (χ0n) is 21.3. The molecule has 0 radical (unpaired) electrons. The normalized spacial score (nSPS) is 12.2. The summed E-state index contributed by atoms with van der Waals surface area (Å²) in [5.74, 6) is -2.49. The van der Waals surface area contributed by atoms with E-state index in [2.05, 4.69) is 10.3 Å².